The normalized spacial score (nSPS) is 11.2. The Kier molecular flexibility index (Phi) is 6.44. The molecule has 0 amide bonds. The van der Waals surface area contributed by atoms with Crippen molar-refractivity contribution < 1.29 is 14.0 Å². The van der Waals surface area contributed by atoms with Gasteiger partial charge in [-0.25, -0.2) is 9.07 Å². The second kappa shape index (κ2) is 8.82. The van der Waals surface area contributed by atoms with Crippen LogP contribution >= 0.6 is 34.8 Å². The van der Waals surface area contributed by atoms with Crippen molar-refractivity contribution in [2.45, 2.75) is 13.5 Å². The van der Waals surface area contributed by atoms with Gasteiger partial charge in [0.1, 0.15) is 18.2 Å². The maximum absolute atomic E-state index is 13.1. The highest BCUT2D eigenvalue weighted by molar-refractivity contribution is 6.48. The minimum absolute atomic E-state index is 0.153. The number of oxime groups is 1. The number of ether oxygens (including phenoxy) is 1. The standard InChI is InChI=1S/C19H15Cl3FN3O2/c1-11-15(9-24-27-10-12-7-16(20)18(22)17(21)8-12)19(26(2)25-11)28-14-5-3-13(23)4-6-14/h3-9H,10H2,1-2H3/b24-9+. The molecular weight excluding hydrogens is 428 g/mol. The summed E-state index contributed by atoms with van der Waals surface area (Å²) in [5, 5.41) is 9.27. The molecule has 0 N–H and O–H groups in total. The second-order valence-electron chi connectivity index (χ2n) is 5.87. The minimum atomic E-state index is -0.342. The van der Waals surface area contributed by atoms with Crippen molar-refractivity contribution in [3.63, 3.8) is 0 Å². The Labute approximate surface area is 176 Å². The molecule has 9 heteroatoms. The van der Waals surface area contributed by atoms with Crippen LogP contribution in [0.4, 0.5) is 4.39 Å². The van der Waals surface area contributed by atoms with Gasteiger partial charge in [0.15, 0.2) is 0 Å². The van der Waals surface area contributed by atoms with Crippen molar-refractivity contribution in [3.05, 3.63) is 74.1 Å². The summed E-state index contributed by atoms with van der Waals surface area (Å²) in [4.78, 5) is 5.33. The number of benzene rings is 2. The predicted octanol–water partition coefficient (Wildman–Crippen LogP) is 6.17. The molecule has 0 saturated heterocycles. The van der Waals surface area contributed by atoms with Gasteiger partial charge in [-0.3, -0.25) is 0 Å². The minimum Gasteiger partial charge on any atom is -0.439 e. The molecule has 5 nitrogen and oxygen atoms in total. The molecule has 0 saturated carbocycles. The monoisotopic (exact) mass is 441 g/mol. The summed E-state index contributed by atoms with van der Waals surface area (Å²) >= 11 is 17.9. The SMILES string of the molecule is Cc1nn(C)c(Oc2ccc(F)cc2)c1/C=N/OCc1cc(Cl)c(Cl)c(Cl)c1. The summed E-state index contributed by atoms with van der Waals surface area (Å²) in [7, 11) is 1.74. The van der Waals surface area contributed by atoms with Crippen LogP contribution in [-0.2, 0) is 18.5 Å². The smallest absolute Gasteiger partial charge is 0.226 e. The van der Waals surface area contributed by atoms with Gasteiger partial charge in [0.05, 0.1) is 32.5 Å². The van der Waals surface area contributed by atoms with Gasteiger partial charge in [0.25, 0.3) is 0 Å². The molecule has 0 radical (unpaired) electrons. The number of aryl methyl sites for hydroxylation is 2. The molecule has 1 heterocycles. The summed E-state index contributed by atoms with van der Waals surface area (Å²) in [5.74, 6) is 0.589. The lowest BCUT2D eigenvalue weighted by molar-refractivity contribution is 0.132. The van der Waals surface area contributed by atoms with E-state index >= 15 is 0 Å². The van der Waals surface area contributed by atoms with E-state index in [1.807, 2.05) is 6.92 Å². The highest BCUT2D eigenvalue weighted by atomic mass is 35.5. The molecule has 0 fully saturated rings. The summed E-state index contributed by atoms with van der Waals surface area (Å²) in [6.45, 7) is 1.97. The third-order valence-corrected chi connectivity index (χ3v) is 4.97. The quantitative estimate of drug-likeness (QED) is 0.260. The van der Waals surface area contributed by atoms with Gasteiger partial charge in [0, 0.05) is 7.05 Å². The molecule has 0 unspecified atom stereocenters. The van der Waals surface area contributed by atoms with Crippen molar-refractivity contribution in [3.8, 4) is 11.6 Å². The summed E-state index contributed by atoms with van der Waals surface area (Å²) in [6, 6.07) is 9.01. The van der Waals surface area contributed by atoms with Crippen LogP contribution in [0.1, 0.15) is 16.8 Å². The van der Waals surface area contributed by atoms with E-state index in [0.29, 0.717) is 38.0 Å². The molecule has 3 rings (SSSR count). The fourth-order valence-corrected chi connectivity index (χ4v) is 3.07. The third kappa shape index (κ3) is 4.76. The molecule has 146 valence electrons. The van der Waals surface area contributed by atoms with Crippen LogP contribution in [0.15, 0.2) is 41.6 Å². The largest absolute Gasteiger partial charge is 0.439 e. The van der Waals surface area contributed by atoms with Crippen LogP contribution in [0.3, 0.4) is 0 Å². The average molecular weight is 443 g/mol. The number of halogens is 4. The molecule has 0 aliphatic carbocycles. The first kappa shape index (κ1) is 20.5. The van der Waals surface area contributed by atoms with Gasteiger partial charge in [0.2, 0.25) is 5.88 Å². The van der Waals surface area contributed by atoms with Gasteiger partial charge in [-0.2, -0.15) is 5.10 Å². The van der Waals surface area contributed by atoms with Crippen LogP contribution < -0.4 is 4.74 Å². The van der Waals surface area contributed by atoms with E-state index in [9.17, 15) is 4.39 Å². The Morgan fingerprint density at radius 3 is 2.43 bits per heavy atom. The van der Waals surface area contributed by atoms with Crippen LogP contribution in [0.25, 0.3) is 0 Å². The van der Waals surface area contributed by atoms with Gasteiger partial charge in [-0.15, -0.1) is 0 Å². The zero-order chi connectivity index (χ0) is 20.3. The van der Waals surface area contributed by atoms with E-state index in [1.54, 1.807) is 23.9 Å². The highest BCUT2D eigenvalue weighted by Crippen LogP contribution is 2.31. The fraction of sp³-hybridized carbons (Fsp3) is 0.158. The van der Waals surface area contributed by atoms with E-state index in [0.717, 1.165) is 5.56 Å². The Hall–Kier alpha value is -2.28. The zero-order valence-electron chi connectivity index (χ0n) is 14.9. The maximum atomic E-state index is 13.1. The summed E-state index contributed by atoms with van der Waals surface area (Å²) < 4.78 is 20.5. The molecule has 3 aromatic rings. The molecule has 2 aromatic carbocycles. The van der Waals surface area contributed by atoms with E-state index in [-0.39, 0.29) is 12.4 Å². The Balaban J connectivity index is 1.72. The van der Waals surface area contributed by atoms with Crippen molar-refractivity contribution in [2.24, 2.45) is 12.2 Å². The molecule has 1 aromatic heterocycles. The maximum Gasteiger partial charge on any atom is 0.226 e. The number of hydrogen-bond donors (Lipinski definition) is 0. The Bertz CT molecular complexity index is 997. The van der Waals surface area contributed by atoms with E-state index in [2.05, 4.69) is 10.3 Å². The van der Waals surface area contributed by atoms with E-state index < -0.39 is 0 Å². The summed E-state index contributed by atoms with van der Waals surface area (Å²) in [6.07, 6.45) is 1.50. The van der Waals surface area contributed by atoms with Gasteiger partial charge < -0.3 is 9.57 Å². The fourth-order valence-electron chi connectivity index (χ4n) is 2.43. The molecule has 28 heavy (non-hydrogen) atoms. The van der Waals surface area contributed by atoms with Crippen molar-refractivity contribution in [2.75, 3.05) is 0 Å². The molecule has 0 aliphatic rings. The number of aromatic nitrogens is 2. The molecular formula is C19H15Cl3FN3O2. The third-order valence-electron chi connectivity index (χ3n) is 3.77. The zero-order valence-corrected chi connectivity index (χ0v) is 17.2. The molecule has 0 spiro atoms. The van der Waals surface area contributed by atoms with Crippen molar-refractivity contribution in [1.29, 1.82) is 0 Å². The second-order valence-corrected chi connectivity index (χ2v) is 7.06. The first-order valence-corrected chi connectivity index (χ1v) is 9.24. The molecule has 0 bridgehead atoms. The van der Waals surface area contributed by atoms with Crippen LogP contribution in [0, 0.1) is 12.7 Å². The number of rotatable bonds is 6. The summed E-state index contributed by atoms with van der Waals surface area (Å²) in [5.41, 5.74) is 2.06. The van der Waals surface area contributed by atoms with E-state index in [1.165, 1.54) is 30.5 Å². The first-order valence-electron chi connectivity index (χ1n) is 8.11. The van der Waals surface area contributed by atoms with Crippen molar-refractivity contribution >= 4 is 41.0 Å². The highest BCUT2D eigenvalue weighted by Gasteiger charge is 2.14. The lowest BCUT2D eigenvalue weighted by atomic mass is 10.2. The van der Waals surface area contributed by atoms with Crippen LogP contribution in [0.2, 0.25) is 15.1 Å². The Morgan fingerprint density at radius 2 is 1.79 bits per heavy atom. The lowest BCUT2D eigenvalue weighted by Crippen LogP contribution is -1.97. The van der Waals surface area contributed by atoms with Crippen LogP contribution in [-0.4, -0.2) is 16.0 Å². The van der Waals surface area contributed by atoms with Crippen molar-refractivity contribution in [1.82, 2.24) is 9.78 Å². The van der Waals surface area contributed by atoms with Gasteiger partial charge >= 0.3 is 0 Å². The average Bonchev–Trinajstić information content (AvgIpc) is 2.91. The first-order chi connectivity index (χ1) is 13.3. The lowest BCUT2D eigenvalue weighted by Gasteiger charge is -2.07. The van der Waals surface area contributed by atoms with Gasteiger partial charge in [-0.05, 0) is 48.9 Å². The van der Waals surface area contributed by atoms with Gasteiger partial charge in [-0.1, -0.05) is 40.0 Å². The molecule has 0 atom stereocenters. The number of nitrogens with zero attached hydrogens (tertiary/aromatic N) is 3. The number of hydrogen-bond acceptors (Lipinski definition) is 4. The predicted molar refractivity (Wildman–Crippen MR) is 108 cm³/mol. The van der Waals surface area contributed by atoms with E-state index in [4.69, 9.17) is 44.4 Å². The molecule has 0 aliphatic heterocycles. The van der Waals surface area contributed by atoms with Crippen LogP contribution in [0.5, 0.6) is 11.6 Å². The topological polar surface area (TPSA) is 48.6 Å². The Morgan fingerprint density at radius 1 is 1.14 bits per heavy atom.